The van der Waals surface area contributed by atoms with Gasteiger partial charge in [0.1, 0.15) is 34.9 Å². The van der Waals surface area contributed by atoms with Crippen LogP contribution in [0.2, 0.25) is 0 Å². The van der Waals surface area contributed by atoms with Gasteiger partial charge in [-0.25, -0.2) is 26.3 Å². The van der Waals surface area contributed by atoms with Gasteiger partial charge >= 0.3 is 0 Å². The molecule has 33 heavy (non-hydrogen) atoms. The predicted molar refractivity (Wildman–Crippen MR) is 110 cm³/mol. The van der Waals surface area contributed by atoms with Gasteiger partial charge in [-0.1, -0.05) is 0 Å². The Morgan fingerprint density at radius 2 is 0.697 bits per heavy atom. The third-order valence-corrected chi connectivity index (χ3v) is 5.27. The van der Waals surface area contributed by atoms with Crippen molar-refractivity contribution in [1.82, 2.24) is 0 Å². The average Bonchev–Trinajstić information content (AvgIpc) is 2.72. The van der Waals surface area contributed by atoms with E-state index in [1.165, 1.54) is 0 Å². The van der Waals surface area contributed by atoms with E-state index >= 15 is 0 Å². The second-order valence-corrected chi connectivity index (χ2v) is 7.25. The van der Waals surface area contributed by atoms with Crippen molar-refractivity contribution in [3.63, 3.8) is 0 Å². The molecule has 1 fully saturated rings. The first kappa shape index (κ1) is 22.7. The fraction of sp³-hybridized carbons (Fsp3) is 0.143. The Labute approximate surface area is 184 Å². The molecular formula is C21H18F6N6. The molecule has 0 aromatic heterocycles. The average molecular weight is 468 g/mol. The van der Waals surface area contributed by atoms with Gasteiger partial charge in [-0.15, -0.1) is 0 Å². The summed E-state index contributed by atoms with van der Waals surface area (Å²) < 4.78 is 84.6. The molecule has 6 nitrogen and oxygen atoms in total. The van der Waals surface area contributed by atoms with E-state index in [0.29, 0.717) is 18.2 Å². The molecule has 3 aromatic rings. The van der Waals surface area contributed by atoms with E-state index in [0.717, 1.165) is 51.1 Å². The van der Waals surface area contributed by atoms with E-state index in [2.05, 4.69) is 0 Å². The van der Waals surface area contributed by atoms with E-state index in [1.807, 2.05) is 0 Å². The zero-order valence-electron chi connectivity index (χ0n) is 16.8. The molecular weight excluding hydrogens is 450 g/mol. The highest BCUT2D eigenvalue weighted by Gasteiger charge is 2.44. The summed E-state index contributed by atoms with van der Waals surface area (Å²) in [5, 5.41) is 0. The highest BCUT2D eigenvalue weighted by Crippen LogP contribution is 2.36. The maximum absolute atomic E-state index is 14.7. The zero-order chi connectivity index (χ0) is 24.0. The van der Waals surface area contributed by atoms with Crippen LogP contribution in [0.5, 0.6) is 0 Å². The van der Waals surface area contributed by atoms with Crippen LogP contribution >= 0.6 is 0 Å². The summed E-state index contributed by atoms with van der Waals surface area (Å²) in [6.07, 6.45) is -4.39. The SMILES string of the molecule is NC1N(c2ccc(F)cc2F)C(N)N(c2ccc(F)cc2F)C(N)N1c1ccc(F)cc1F. The number of hydrogen-bond donors (Lipinski definition) is 3. The molecule has 0 spiro atoms. The first-order valence-corrected chi connectivity index (χ1v) is 9.57. The Morgan fingerprint density at radius 3 is 0.909 bits per heavy atom. The Balaban J connectivity index is 1.91. The number of halogens is 6. The van der Waals surface area contributed by atoms with Gasteiger partial charge in [0.25, 0.3) is 0 Å². The van der Waals surface area contributed by atoms with E-state index < -0.39 is 53.8 Å². The van der Waals surface area contributed by atoms with Crippen LogP contribution in [0.3, 0.4) is 0 Å². The number of nitrogens with two attached hydrogens (primary N) is 3. The fourth-order valence-electron chi connectivity index (χ4n) is 3.80. The van der Waals surface area contributed by atoms with Crippen molar-refractivity contribution < 1.29 is 26.3 Å². The van der Waals surface area contributed by atoms with Crippen molar-refractivity contribution in [3.05, 3.63) is 89.5 Å². The molecule has 0 saturated carbocycles. The van der Waals surface area contributed by atoms with Gasteiger partial charge in [-0.3, -0.25) is 17.2 Å². The van der Waals surface area contributed by atoms with Crippen molar-refractivity contribution in [2.75, 3.05) is 14.7 Å². The largest absolute Gasteiger partial charge is 0.303 e. The summed E-state index contributed by atoms with van der Waals surface area (Å²) in [4.78, 5) is 3.01. The molecule has 3 aromatic carbocycles. The van der Waals surface area contributed by atoms with Gasteiger partial charge in [0.2, 0.25) is 0 Å². The second kappa shape index (κ2) is 8.46. The standard InChI is InChI=1S/C21H18F6N6/c22-10-1-4-16(13(25)7-10)31-19(28)32(17-5-2-11(23)8-14(17)26)21(30)33(20(31)29)18-6-3-12(24)9-15(18)27/h1-9,19-21H,28-30H2. The lowest BCUT2D eigenvalue weighted by Gasteiger charge is -2.56. The molecule has 1 aliphatic heterocycles. The quantitative estimate of drug-likeness (QED) is 0.513. The van der Waals surface area contributed by atoms with Gasteiger partial charge in [-0.2, -0.15) is 0 Å². The lowest BCUT2D eigenvalue weighted by Crippen LogP contribution is -2.79. The smallest absolute Gasteiger partial charge is 0.160 e. The second-order valence-electron chi connectivity index (χ2n) is 7.25. The van der Waals surface area contributed by atoms with Crippen LogP contribution in [-0.2, 0) is 0 Å². The first-order valence-electron chi connectivity index (χ1n) is 9.57. The molecule has 0 radical (unpaired) electrons. The van der Waals surface area contributed by atoms with Gasteiger partial charge < -0.3 is 14.7 Å². The Hall–Kier alpha value is -3.48. The molecule has 0 atom stereocenters. The van der Waals surface area contributed by atoms with Crippen LogP contribution in [0.1, 0.15) is 0 Å². The van der Waals surface area contributed by atoms with Crippen molar-refractivity contribution in [3.8, 4) is 0 Å². The van der Waals surface area contributed by atoms with E-state index in [1.54, 1.807) is 0 Å². The molecule has 0 bridgehead atoms. The van der Waals surface area contributed by atoms with Gasteiger partial charge in [-0.05, 0) is 36.4 Å². The molecule has 6 N–H and O–H groups in total. The van der Waals surface area contributed by atoms with E-state index in [-0.39, 0.29) is 17.1 Å². The van der Waals surface area contributed by atoms with E-state index in [4.69, 9.17) is 17.2 Å². The normalized spacial score (nSPS) is 21.0. The van der Waals surface area contributed by atoms with Crippen LogP contribution in [0, 0.1) is 34.9 Å². The van der Waals surface area contributed by atoms with Crippen molar-refractivity contribution >= 4 is 17.1 Å². The Bertz CT molecular complexity index is 1040. The third-order valence-electron chi connectivity index (χ3n) is 5.27. The minimum absolute atomic E-state index is 0.302. The monoisotopic (exact) mass is 468 g/mol. The molecule has 0 amide bonds. The van der Waals surface area contributed by atoms with Gasteiger partial charge in [0, 0.05) is 18.2 Å². The molecule has 174 valence electrons. The van der Waals surface area contributed by atoms with Crippen LogP contribution in [0.4, 0.5) is 43.4 Å². The lowest BCUT2D eigenvalue weighted by atomic mass is 10.2. The summed E-state index contributed by atoms with van der Waals surface area (Å²) in [5.41, 5.74) is 17.9. The highest BCUT2D eigenvalue weighted by atomic mass is 19.2. The molecule has 12 heteroatoms. The Morgan fingerprint density at radius 1 is 0.455 bits per heavy atom. The molecule has 4 rings (SSSR count). The molecule has 1 saturated heterocycles. The number of anilines is 3. The summed E-state index contributed by atoms with van der Waals surface area (Å²) in [7, 11) is 0. The summed E-state index contributed by atoms with van der Waals surface area (Å²) in [6.45, 7) is 0. The fourth-order valence-corrected chi connectivity index (χ4v) is 3.80. The van der Waals surface area contributed by atoms with Crippen molar-refractivity contribution in [1.29, 1.82) is 0 Å². The van der Waals surface area contributed by atoms with Gasteiger partial charge in [0.15, 0.2) is 18.9 Å². The molecule has 0 aliphatic carbocycles. The maximum atomic E-state index is 14.7. The first-order chi connectivity index (χ1) is 15.6. The zero-order valence-corrected chi connectivity index (χ0v) is 16.8. The minimum atomic E-state index is -1.46. The topological polar surface area (TPSA) is 87.8 Å². The highest BCUT2D eigenvalue weighted by molar-refractivity contribution is 5.63. The number of rotatable bonds is 3. The number of hydrogen-bond acceptors (Lipinski definition) is 6. The maximum Gasteiger partial charge on any atom is 0.160 e. The van der Waals surface area contributed by atoms with Crippen LogP contribution in [0.25, 0.3) is 0 Å². The van der Waals surface area contributed by atoms with Crippen LogP contribution in [0.15, 0.2) is 54.6 Å². The van der Waals surface area contributed by atoms with E-state index in [9.17, 15) is 26.3 Å². The summed E-state index contributed by atoms with van der Waals surface area (Å²) in [5.74, 6) is -5.82. The summed E-state index contributed by atoms with van der Waals surface area (Å²) in [6, 6.07) is 7.69. The predicted octanol–water partition coefficient (Wildman–Crippen LogP) is 3.08. The minimum Gasteiger partial charge on any atom is -0.303 e. The third kappa shape index (κ3) is 3.92. The Kier molecular flexibility index (Phi) is 5.82. The van der Waals surface area contributed by atoms with Crippen LogP contribution < -0.4 is 31.9 Å². The number of benzene rings is 3. The molecule has 1 aliphatic rings. The van der Waals surface area contributed by atoms with Gasteiger partial charge in [0.05, 0.1) is 17.1 Å². The lowest BCUT2D eigenvalue weighted by molar-refractivity contribution is 0.343. The van der Waals surface area contributed by atoms with Crippen molar-refractivity contribution in [2.24, 2.45) is 17.2 Å². The molecule has 0 unspecified atom stereocenters. The molecule has 1 heterocycles. The summed E-state index contributed by atoms with van der Waals surface area (Å²) >= 11 is 0. The van der Waals surface area contributed by atoms with Crippen LogP contribution in [-0.4, -0.2) is 18.9 Å². The van der Waals surface area contributed by atoms with Crippen molar-refractivity contribution in [2.45, 2.75) is 18.9 Å². The number of nitrogens with zero attached hydrogens (tertiary/aromatic N) is 3.